The molecule has 2 aliphatic rings. The van der Waals surface area contributed by atoms with Crippen molar-refractivity contribution in [1.82, 2.24) is 15.5 Å². The maximum absolute atomic E-state index is 11.8. The Kier molecular flexibility index (Phi) is 4.10. The number of hydrogen-bond acceptors (Lipinski definition) is 4. The van der Waals surface area contributed by atoms with Crippen LogP contribution >= 0.6 is 0 Å². The lowest BCUT2D eigenvalue weighted by atomic mass is 10.1. The van der Waals surface area contributed by atoms with Crippen molar-refractivity contribution in [3.63, 3.8) is 0 Å². The van der Waals surface area contributed by atoms with Crippen molar-refractivity contribution in [2.45, 2.75) is 51.4 Å². The fourth-order valence-corrected chi connectivity index (χ4v) is 2.52. The Bertz CT molecular complexity index is 366. The summed E-state index contributed by atoms with van der Waals surface area (Å²) in [7, 11) is 0. The van der Waals surface area contributed by atoms with Gasteiger partial charge >= 0.3 is 6.03 Å². The van der Waals surface area contributed by atoms with Crippen LogP contribution in [0, 0.1) is 0 Å². The first-order valence-corrected chi connectivity index (χ1v) is 6.84. The van der Waals surface area contributed by atoms with Gasteiger partial charge in [0.05, 0.1) is 18.2 Å². The zero-order valence-corrected chi connectivity index (χ0v) is 11.9. The number of nitrogens with one attached hydrogen (secondary N) is 2. The number of imide groups is 1. The van der Waals surface area contributed by atoms with Gasteiger partial charge in [0.15, 0.2) is 0 Å². The minimum absolute atomic E-state index is 0.0943. The van der Waals surface area contributed by atoms with E-state index in [0.717, 1.165) is 12.8 Å². The number of nitrogens with zero attached hydrogens (tertiary/aromatic N) is 1. The SMILES string of the molecule is C[C@H]1CN(CC(=O)NC(=O)NC2CC2)CC(C)(C)O1. The number of carbonyl (C=O) groups is 2. The first-order valence-electron chi connectivity index (χ1n) is 6.84. The quantitative estimate of drug-likeness (QED) is 0.781. The molecule has 2 fully saturated rings. The van der Waals surface area contributed by atoms with Gasteiger partial charge in [0.25, 0.3) is 0 Å². The number of rotatable bonds is 3. The first-order chi connectivity index (χ1) is 8.84. The molecule has 0 aromatic rings. The number of carbonyl (C=O) groups excluding carboxylic acids is 2. The van der Waals surface area contributed by atoms with Crippen molar-refractivity contribution >= 4 is 11.9 Å². The second-order valence-electron chi connectivity index (χ2n) is 6.15. The van der Waals surface area contributed by atoms with E-state index in [1.165, 1.54) is 0 Å². The molecule has 0 aromatic carbocycles. The molecule has 6 heteroatoms. The zero-order chi connectivity index (χ0) is 14.0. The van der Waals surface area contributed by atoms with Gasteiger partial charge in [-0.3, -0.25) is 15.0 Å². The van der Waals surface area contributed by atoms with Gasteiger partial charge in [0.2, 0.25) is 5.91 Å². The molecule has 3 amide bonds. The Morgan fingerprint density at radius 1 is 1.37 bits per heavy atom. The van der Waals surface area contributed by atoms with E-state index in [0.29, 0.717) is 13.1 Å². The summed E-state index contributed by atoms with van der Waals surface area (Å²) in [4.78, 5) is 25.3. The van der Waals surface area contributed by atoms with E-state index in [1.807, 2.05) is 25.7 Å². The van der Waals surface area contributed by atoms with Crippen molar-refractivity contribution in [3.05, 3.63) is 0 Å². The van der Waals surface area contributed by atoms with Crippen molar-refractivity contribution < 1.29 is 14.3 Å². The molecule has 0 spiro atoms. The minimum Gasteiger partial charge on any atom is -0.370 e. The van der Waals surface area contributed by atoms with Crippen LogP contribution in [0.1, 0.15) is 33.6 Å². The van der Waals surface area contributed by atoms with Crippen molar-refractivity contribution in [3.8, 4) is 0 Å². The van der Waals surface area contributed by atoms with Crippen LogP contribution in [0.2, 0.25) is 0 Å². The molecule has 0 bridgehead atoms. The predicted molar refractivity (Wildman–Crippen MR) is 70.8 cm³/mol. The van der Waals surface area contributed by atoms with Crippen LogP contribution in [0.5, 0.6) is 0 Å². The van der Waals surface area contributed by atoms with Crippen LogP contribution in [0.15, 0.2) is 0 Å². The molecule has 1 saturated carbocycles. The maximum Gasteiger partial charge on any atom is 0.321 e. The lowest BCUT2D eigenvalue weighted by molar-refractivity contribution is -0.138. The van der Waals surface area contributed by atoms with E-state index in [1.54, 1.807) is 0 Å². The summed E-state index contributed by atoms with van der Waals surface area (Å²) in [5, 5.41) is 5.10. The van der Waals surface area contributed by atoms with Crippen LogP contribution in [-0.4, -0.2) is 54.2 Å². The average Bonchev–Trinajstić information content (AvgIpc) is 2.96. The van der Waals surface area contributed by atoms with E-state index >= 15 is 0 Å². The number of ether oxygens (including phenoxy) is 1. The van der Waals surface area contributed by atoms with E-state index in [9.17, 15) is 9.59 Å². The topological polar surface area (TPSA) is 70.7 Å². The summed E-state index contributed by atoms with van der Waals surface area (Å²) in [6, 6.07) is -0.122. The number of urea groups is 1. The highest BCUT2D eigenvalue weighted by molar-refractivity contribution is 5.95. The molecule has 1 saturated heterocycles. The summed E-state index contributed by atoms with van der Waals surface area (Å²) in [5.74, 6) is -0.261. The Hall–Kier alpha value is -1.14. The van der Waals surface area contributed by atoms with Crippen molar-refractivity contribution in [2.24, 2.45) is 0 Å². The molecule has 0 aromatic heterocycles. The fraction of sp³-hybridized carbons (Fsp3) is 0.846. The number of amides is 3. The summed E-state index contributed by atoms with van der Waals surface area (Å²) >= 11 is 0. The maximum atomic E-state index is 11.8. The molecule has 0 radical (unpaired) electrons. The van der Waals surface area contributed by atoms with Gasteiger partial charge in [0, 0.05) is 19.1 Å². The number of morpholine rings is 1. The Labute approximate surface area is 113 Å². The minimum atomic E-state index is -0.381. The lowest BCUT2D eigenvalue weighted by Gasteiger charge is -2.41. The summed E-state index contributed by atoms with van der Waals surface area (Å²) < 4.78 is 5.77. The van der Waals surface area contributed by atoms with Gasteiger partial charge in [-0.05, 0) is 33.6 Å². The van der Waals surface area contributed by atoms with Crippen LogP contribution in [0.3, 0.4) is 0 Å². The highest BCUT2D eigenvalue weighted by atomic mass is 16.5. The summed E-state index contributed by atoms with van der Waals surface area (Å²) in [5.41, 5.74) is -0.256. The Morgan fingerprint density at radius 2 is 2.05 bits per heavy atom. The fourth-order valence-electron chi connectivity index (χ4n) is 2.52. The number of hydrogen-bond donors (Lipinski definition) is 2. The molecular formula is C13H23N3O3. The molecule has 19 heavy (non-hydrogen) atoms. The molecule has 6 nitrogen and oxygen atoms in total. The Balaban J connectivity index is 1.76. The summed E-state index contributed by atoms with van der Waals surface area (Å²) in [6.45, 7) is 7.64. The first kappa shape index (κ1) is 14.3. The molecule has 1 aliphatic heterocycles. The highest BCUT2D eigenvalue weighted by Crippen LogP contribution is 2.20. The molecule has 108 valence electrons. The summed E-state index contributed by atoms with van der Waals surface area (Å²) in [6.07, 6.45) is 2.12. The largest absolute Gasteiger partial charge is 0.370 e. The molecule has 2 rings (SSSR count). The predicted octanol–water partition coefficient (Wildman–Crippen LogP) is 0.474. The third-order valence-electron chi connectivity index (χ3n) is 3.17. The molecule has 0 unspecified atom stereocenters. The normalized spacial score (nSPS) is 26.8. The van der Waals surface area contributed by atoms with Gasteiger partial charge in [-0.15, -0.1) is 0 Å². The Morgan fingerprint density at radius 3 is 2.63 bits per heavy atom. The van der Waals surface area contributed by atoms with Crippen molar-refractivity contribution in [1.29, 1.82) is 0 Å². The van der Waals surface area contributed by atoms with Crippen LogP contribution in [0.4, 0.5) is 4.79 Å². The lowest BCUT2D eigenvalue weighted by Crippen LogP contribution is -2.55. The van der Waals surface area contributed by atoms with E-state index in [2.05, 4.69) is 10.6 Å². The zero-order valence-electron chi connectivity index (χ0n) is 11.9. The van der Waals surface area contributed by atoms with Gasteiger partial charge in [-0.25, -0.2) is 4.79 Å². The average molecular weight is 269 g/mol. The van der Waals surface area contributed by atoms with E-state index < -0.39 is 0 Å². The monoisotopic (exact) mass is 269 g/mol. The van der Waals surface area contributed by atoms with Crippen molar-refractivity contribution in [2.75, 3.05) is 19.6 Å². The van der Waals surface area contributed by atoms with Crippen LogP contribution in [-0.2, 0) is 9.53 Å². The van der Waals surface area contributed by atoms with Gasteiger partial charge in [-0.1, -0.05) is 0 Å². The third-order valence-corrected chi connectivity index (χ3v) is 3.17. The molecule has 2 N–H and O–H groups in total. The molecule has 1 aliphatic carbocycles. The standard InChI is InChI=1S/C13H23N3O3/c1-9-6-16(8-13(2,3)19-9)7-11(17)15-12(18)14-10-4-5-10/h9-10H,4-8H2,1-3H3,(H2,14,15,17,18)/t9-/m0/s1. The molecule has 1 atom stereocenters. The second-order valence-corrected chi connectivity index (χ2v) is 6.15. The van der Waals surface area contributed by atoms with Gasteiger partial charge < -0.3 is 10.1 Å². The van der Waals surface area contributed by atoms with Crippen LogP contribution in [0.25, 0.3) is 0 Å². The van der Waals surface area contributed by atoms with Gasteiger partial charge in [-0.2, -0.15) is 0 Å². The highest BCUT2D eigenvalue weighted by Gasteiger charge is 2.32. The van der Waals surface area contributed by atoms with E-state index in [-0.39, 0.29) is 36.2 Å². The second kappa shape index (κ2) is 5.46. The van der Waals surface area contributed by atoms with Crippen LogP contribution < -0.4 is 10.6 Å². The smallest absolute Gasteiger partial charge is 0.321 e. The third kappa shape index (κ3) is 4.80. The molecule has 1 heterocycles. The van der Waals surface area contributed by atoms with Gasteiger partial charge in [0.1, 0.15) is 0 Å². The molecular weight excluding hydrogens is 246 g/mol. The van der Waals surface area contributed by atoms with E-state index in [4.69, 9.17) is 4.74 Å².